The number of amides is 2. The van der Waals surface area contributed by atoms with Crippen molar-refractivity contribution < 1.29 is 9.59 Å². The molecule has 0 fully saturated rings. The zero-order chi connectivity index (χ0) is 21.4. The number of benzene rings is 2. The van der Waals surface area contributed by atoms with Gasteiger partial charge >= 0.3 is 0 Å². The van der Waals surface area contributed by atoms with Gasteiger partial charge in [-0.15, -0.1) is 11.8 Å². The Hall–Kier alpha value is -1.69. The summed E-state index contributed by atoms with van der Waals surface area (Å²) in [5, 5.41) is 3.85. The van der Waals surface area contributed by atoms with Crippen molar-refractivity contribution >= 4 is 46.8 Å². The number of aryl methyl sites for hydroxylation is 1. The number of nitrogens with one attached hydrogen (secondary N) is 1. The molecule has 1 atom stereocenters. The summed E-state index contributed by atoms with van der Waals surface area (Å²) in [7, 11) is 1.59. The smallest absolute Gasteiger partial charge is 0.242 e. The second-order valence-corrected chi connectivity index (χ2v) is 8.48. The molecule has 29 heavy (non-hydrogen) atoms. The standard InChI is InChI=1S/C22H26Cl2N2O2S/c1-4-20(22(28)25-3)26(12-16-9-6-5-8-15(16)2)21(27)14-29-13-17-18(23)10-7-11-19(17)24/h5-11,20H,4,12-14H2,1-3H3,(H,25,28). The number of hydrogen-bond acceptors (Lipinski definition) is 3. The number of carbonyl (C=O) groups is 2. The molecule has 2 aromatic carbocycles. The van der Waals surface area contributed by atoms with E-state index < -0.39 is 6.04 Å². The van der Waals surface area contributed by atoms with E-state index in [9.17, 15) is 9.59 Å². The predicted octanol–water partition coefficient (Wildman–Crippen LogP) is 5.09. The Labute approximate surface area is 187 Å². The van der Waals surface area contributed by atoms with E-state index in [1.54, 1.807) is 30.1 Å². The maximum atomic E-state index is 13.1. The van der Waals surface area contributed by atoms with Crippen molar-refractivity contribution in [1.29, 1.82) is 0 Å². The van der Waals surface area contributed by atoms with Gasteiger partial charge < -0.3 is 10.2 Å². The molecule has 156 valence electrons. The quantitative estimate of drug-likeness (QED) is 0.576. The first kappa shape index (κ1) is 23.6. The minimum atomic E-state index is -0.517. The molecule has 0 aliphatic rings. The summed E-state index contributed by atoms with van der Waals surface area (Å²) in [6.45, 7) is 4.31. The molecule has 2 rings (SSSR count). The van der Waals surface area contributed by atoms with E-state index in [-0.39, 0.29) is 17.6 Å². The van der Waals surface area contributed by atoms with Gasteiger partial charge in [0.15, 0.2) is 0 Å². The molecule has 1 unspecified atom stereocenters. The molecule has 7 heteroatoms. The van der Waals surface area contributed by atoms with Gasteiger partial charge in [-0.1, -0.05) is 60.5 Å². The maximum absolute atomic E-state index is 13.1. The molecular weight excluding hydrogens is 427 g/mol. The Balaban J connectivity index is 2.15. The largest absolute Gasteiger partial charge is 0.357 e. The fourth-order valence-corrected chi connectivity index (χ4v) is 4.70. The Bertz CT molecular complexity index is 840. The third-order valence-corrected chi connectivity index (χ3v) is 6.42. The van der Waals surface area contributed by atoms with Gasteiger partial charge in [0.2, 0.25) is 11.8 Å². The van der Waals surface area contributed by atoms with Crippen LogP contribution >= 0.6 is 35.0 Å². The third-order valence-electron chi connectivity index (χ3n) is 4.77. The number of halogens is 2. The highest BCUT2D eigenvalue weighted by Crippen LogP contribution is 2.28. The van der Waals surface area contributed by atoms with Gasteiger partial charge in [-0.2, -0.15) is 0 Å². The van der Waals surface area contributed by atoms with E-state index in [2.05, 4.69) is 5.32 Å². The molecule has 2 amide bonds. The Morgan fingerprint density at radius 3 is 2.34 bits per heavy atom. The Kier molecular flexibility index (Phi) is 9.34. The molecule has 0 saturated heterocycles. The van der Waals surface area contributed by atoms with Crippen molar-refractivity contribution in [2.75, 3.05) is 12.8 Å². The lowest BCUT2D eigenvalue weighted by Gasteiger charge is -2.30. The van der Waals surface area contributed by atoms with Crippen LogP contribution < -0.4 is 5.32 Å². The first-order valence-electron chi connectivity index (χ1n) is 9.45. The lowest BCUT2D eigenvalue weighted by Crippen LogP contribution is -2.48. The van der Waals surface area contributed by atoms with Gasteiger partial charge in [0.05, 0.1) is 5.75 Å². The second-order valence-electron chi connectivity index (χ2n) is 6.68. The van der Waals surface area contributed by atoms with Crippen molar-refractivity contribution in [2.45, 2.75) is 38.6 Å². The number of carbonyl (C=O) groups excluding carboxylic acids is 2. The summed E-state index contributed by atoms with van der Waals surface area (Å²) in [5.41, 5.74) is 2.94. The molecule has 0 radical (unpaired) electrons. The van der Waals surface area contributed by atoms with Gasteiger partial charge in [-0.25, -0.2) is 0 Å². The number of nitrogens with zero attached hydrogens (tertiary/aromatic N) is 1. The molecule has 0 saturated carbocycles. The van der Waals surface area contributed by atoms with E-state index in [1.165, 1.54) is 11.8 Å². The lowest BCUT2D eigenvalue weighted by atomic mass is 10.1. The number of hydrogen-bond donors (Lipinski definition) is 1. The Morgan fingerprint density at radius 2 is 1.76 bits per heavy atom. The minimum absolute atomic E-state index is 0.0862. The van der Waals surface area contributed by atoms with E-state index >= 15 is 0 Å². The van der Waals surface area contributed by atoms with Crippen molar-refractivity contribution in [3.63, 3.8) is 0 Å². The summed E-state index contributed by atoms with van der Waals surface area (Å²) in [6.07, 6.45) is 0.540. The molecular formula is C22H26Cl2N2O2S. The van der Waals surface area contributed by atoms with Crippen molar-refractivity contribution in [1.82, 2.24) is 10.2 Å². The molecule has 1 N–H and O–H groups in total. The van der Waals surface area contributed by atoms with Gasteiger partial charge in [0.25, 0.3) is 0 Å². The normalized spacial score (nSPS) is 11.8. The van der Waals surface area contributed by atoms with Crippen LogP contribution in [-0.2, 0) is 21.9 Å². The van der Waals surface area contributed by atoms with Crippen molar-refractivity contribution in [2.24, 2.45) is 0 Å². The molecule has 0 heterocycles. The monoisotopic (exact) mass is 452 g/mol. The summed E-state index contributed by atoms with van der Waals surface area (Å²) < 4.78 is 0. The van der Waals surface area contributed by atoms with Crippen LogP contribution in [0.5, 0.6) is 0 Å². The third kappa shape index (κ3) is 6.39. The van der Waals surface area contributed by atoms with Gasteiger partial charge in [-0.3, -0.25) is 9.59 Å². The number of thioether (sulfide) groups is 1. The first-order valence-corrected chi connectivity index (χ1v) is 11.4. The highest BCUT2D eigenvalue weighted by atomic mass is 35.5. The average Bonchev–Trinajstić information content (AvgIpc) is 2.71. The minimum Gasteiger partial charge on any atom is -0.357 e. The highest BCUT2D eigenvalue weighted by molar-refractivity contribution is 7.99. The predicted molar refractivity (Wildman–Crippen MR) is 122 cm³/mol. The first-order chi connectivity index (χ1) is 13.9. The average molecular weight is 453 g/mol. The van der Waals surface area contributed by atoms with Crippen molar-refractivity contribution in [3.05, 3.63) is 69.2 Å². The molecule has 4 nitrogen and oxygen atoms in total. The molecule has 0 aliphatic heterocycles. The van der Waals surface area contributed by atoms with Crippen LogP contribution in [-0.4, -0.2) is 35.6 Å². The van der Waals surface area contributed by atoms with Gasteiger partial charge in [-0.05, 0) is 42.2 Å². The molecule has 2 aromatic rings. The van der Waals surface area contributed by atoms with Crippen LogP contribution in [0.3, 0.4) is 0 Å². The SMILES string of the molecule is CCC(C(=O)NC)N(Cc1ccccc1C)C(=O)CSCc1c(Cl)cccc1Cl. The van der Waals surface area contributed by atoms with E-state index in [0.717, 1.165) is 16.7 Å². The number of rotatable bonds is 9. The van der Waals surface area contributed by atoms with Crippen LogP contribution in [0.15, 0.2) is 42.5 Å². The maximum Gasteiger partial charge on any atom is 0.242 e. The van der Waals surface area contributed by atoms with E-state index in [1.807, 2.05) is 38.1 Å². The fraction of sp³-hybridized carbons (Fsp3) is 0.364. The molecule has 0 bridgehead atoms. The summed E-state index contributed by atoms with van der Waals surface area (Å²) in [5.74, 6) is 0.519. The fourth-order valence-electron chi connectivity index (χ4n) is 3.05. The van der Waals surface area contributed by atoms with Crippen LogP contribution in [0.25, 0.3) is 0 Å². The second kappa shape index (κ2) is 11.5. The molecule has 0 aliphatic carbocycles. The van der Waals surface area contributed by atoms with Gasteiger partial charge in [0, 0.05) is 29.4 Å². The topological polar surface area (TPSA) is 49.4 Å². The lowest BCUT2D eigenvalue weighted by molar-refractivity contribution is -0.139. The van der Waals surface area contributed by atoms with Crippen molar-refractivity contribution in [3.8, 4) is 0 Å². The molecule has 0 aromatic heterocycles. The summed E-state index contributed by atoms with van der Waals surface area (Å²) in [4.78, 5) is 27.2. The molecule has 0 spiro atoms. The zero-order valence-corrected chi connectivity index (χ0v) is 19.2. The van der Waals surface area contributed by atoms with Gasteiger partial charge in [0.1, 0.15) is 6.04 Å². The van der Waals surface area contributed by atoms with Crippen LogP contribution in [0.4, 0.5) is 0 Å². The van der Waals surface area contributed by atoms with E-state index in [4.69, 9.17) is 23.2 Å². The summed E-state index contributed by atoms with van der Waals surface area (Å²) >= 11 is 13.9. The number of likely N-dealkylation sites (N-methyl/N-ethyl adjacent to an activating group) is 1. The summed E-state index contributed by atoms with van der Waals surface area (Å²) in [6, 6.07) is 12.8. The van der Waals surface area contributed by atoms with E-state index in [0.29, 0.717) is 28.8 Å². The van der Waals surface area contributed by atoms with Crippen LogP contribution in [0, 0.1) is 6.92 Å². The highest BCUT2D eigenvalue weighted by Gasteiger charge is 2.28. The van der Waals surface area contributed by atoms with Crippen LogP contribution in [0.1, 0.15) is 30.0 Å². The van der Waals surface area contributed by atoms with Crippen LogP contribution in [0.2, 0.25) is 10.0 Å². The Morgan fingerprint density at radius 1 is 1.10 bits per heavy atom. The zero-order valence-electron chi connectivity index (χ0n) is 16.9.